The van der Waals surface area contributed by atoms with E-state index in [0.29, 0.717) is 11.7 Å². The zero-order valence-corrected chi connectivity index (χ0v) is 9.53. The second-order valence-electron chi connectivity index (χ2n) is 4.29. The van der Waals surface area contributed by atoms with E-state index in [9.17, 15) is 0 Å². The summed E-state index contributed by atoms with van der Waals surface area (Å²) >= 11 is 0. The average molecular weight is 239 g/mol. The molecule has 0 unspecified atom stereocenters. The van der Waals surface area contributed by atoms with Crippen LogP contribution in [-0.2, 0) is 0 Å². The summed E-state index contributed by atoms with van der Waals surface area (Å²) in [5.74, 6) is 1.08. The Hall–Kier alpha value is -1.24. The maximum atomic E-state index is 9.05. The molecule has 0 amide bonds. The van der Waals surface area contributed by atoms with Gasteiger partial charge >= 0.3 is 0 Å². The predicted octanol–water partition coefficient (Wildman–Crippen LogP) is -0.332. The number of piperidine rings is 1. The molecule has 1 aromatic rings. The minimum Gasteiger partial charge on any atom is -0.396 e. The van der Waals surface area contributed by atoms with Gasteiger partial charge in [0.25, 0.3) is 0 Å². The van der Waals surface area contributed by atoms with Crippen LogP contribution < -0.4 is 4.90 Å². The van der Waals surface area contributed by atoms with Crippen molar-refractivity contribution in [3.8, 4) is 0 Å². The van der Waals surface area contributed by atoms with E-state index < -0.39 is 6.29 Å². The summed E-state index contributed by atoms with van der Waals surface area (Å²) < 4.78 is 0. The van der Waals surface area contributed by atoms with Crippen molar-refractivity contribution in [2.45, 2.75) is 19.1 Å². The molecule has 0 aromatic carbocycles. The third kappa shape index (κ3) is 2.91. The quantitative estimate of drug-likeness (QED) is 0.626. The zero-order valence-electron chi connectivity index (χ0n) is 9.53. The highest BCUT2D eigenvalue weighted by Crippen LogP contribution is 2.22. The van der Waals surface area contributed by atoms with Crippen LogP contribution in [0.4, 0.5) is 5.82 Å². The Morgan fingerprint density at radius 1 is 1.29 bits per heavy atom. The molecule has 1 fully saturated rings. The van der Waals surface area contributed by atoms with Crippen LogP contribution in [0.15, 0.2) is 12.4 Å². The molecule has 0 spiro atoms. The van der Waals surface area contributed by atoms with Gasteiger partial charge in [0.2, 0.25) is 0 Å². The molecule has 1 aliphatic rings. The molecule has 2 rings (SSSR count). The molecule has 1 aliphatic heterocycles. The van der Waals surface area contributed by atoms with Crippen LogP contribution in [0.25, 0.3) is 0 Å². The summed E-state index contributed by atoms with van der Waals surface area (Å²) in [6, 6.07) is 1.59. The lowest BCUT2D eigenvalue weighted by molar-refractivity contribution is -0.0459. The highest BCUT2D eigenvalue weighted by atomic mass is 16.5. The zero-order chi connectivity index (χ0) is 12.3. The van der Waals surface area contributed by atoms with E-state index in [-0.39, 0.29) is 12.3 Å². The third-order valence-corrected chi connectivity index (χ3v) is 3.14. The minimum atomic E-state index is -1.56. The van der Waals surface area contributed by atoms with Crippen LogP contribution in [-0.4, -0.2) is 45.0 Å². The fourth-order valence-corrected chi connectivity index (χ4v) is 2.02. The molecule has 1 saturated heterocycles. The van der Waals surface area contributed by atoms with Crippen LogP contribution in [0.5, 0.6) is 0 Å². The van der Waals surface area contributed by atoms with E-state index in [1.165, 1.54) is 6.33 Å². The van der Waals surface area contributed by atoms with Crippen LogP contribution in [0.1, 0.15) is 24.8 Å². The fourth-order valence-electron chi connectivity index (χ4n) is 2.02. The minimum absolute atomic E-state index is 0.208. The Kier molecular flexibility index (Phi) is 3.88. The first kappa shape index (κ1) is 12.2. The molecule has 3 N–H and O–H groups in total. The van der Waals surface area contributed by atoms with E-state index >= 15 is 0 Å². The summed E-state index contributed by atoms with van der Waals surface area (Å²) in [7, 11) is 0. The lowest BCUT2D eigenvalue weighted by Gasteiger charge is -2.32. The Morgan fingerprint density at radius 3 is 2.59 bits per heavy atom. The van der Waals surface area contributed by atoms with Crippen molar-refractivity contribution in [1.82, 2.24) is 9.97 Å². The van der Waals surface area contributed by atoms with Crippen molar-refractivity contribution in [1.29, 1.82) is 0 Å². The first-order valence-corrected chi connectivity index (χ1v) is 5.74. The highest BCUT2D eigenvalue weighted by molar-refractivity contribution is 5.39. The van der Waals surface area contributed by atoms with Gasteiger partial charge in [-0.15, -0.1) is 0 Å². The molecule has 0 radical (unpaired) electrons. The molecule has 0 saturated carbocycles. The van der Waals surface area contributed by atoms with E-state index in [1.807, 2.05) is 0 Å². The van der Waals surface area contributed by atoms with Crippen LogP contribution in [0.2, 0.25) is 0 Å². The standard InChI is InChI=1S/C11H17N3O3/c15-6-8-1-3-14(4-2-8)10-5-9(11(16)17)12-7-13-10/h5,7-8,11,15-17H,1-4,6H2. The summed E-state index contributed by atoms with van der Waals surface area (Å²) in [4.78, 5) is 9.98. The van der Waals surface area contributed by atoms with Crippen molar-refractivity contribution in [2.75, 3.05) is 24.6 Å². The van der Waals surface area contributed by atoms with Gasteiger partial charge in [-0.3, -0.25) is 0 Å². The molecule has 0 bridgehead atoms. The van der Waals surface area contributed by atoms with Crippen LogP contribution in [0.3, 0.4) is 0 Å². The van der Waals surface area contributed by atoms with Crippen molar-refractivity contribution >= 4 is 5.82 Å². The van der Waals surface area contributed by atoms with Crippen molar-refractivity contribution < 1.29 is 15.3 Å². The molecule has 0 atom stereocenters. The van der Waals surface area contributed by atoms with Gasteiger partial charge in [-0.25, -0.2) is 9.97 Å². The first-order valence-electron chi connectivity index (χ1n) is 5.74. The van der Waals surface area contributed by atoms with Crippen molar-refractivity contribution in [2.24, 2.45) is 5.92 Å². The van der Waals surface area contributed by atoms with Crippen molar-refractivity contribution in [3.05, 3.63) is 18.1 Å². The highest BCUT2D eigenvalue weighted by Gasteiger charge is 2.20. The van der Waals surface area contributed by atoms with E-state index in [4.69, 9.17) is 15.3 Å². The molecule has 17 heavy (non-hydrogen) atoms. The summed E-state index contributed by atoms with van der Waals surface area (Å²) in [5, 5.41) is 27.1. The Balaban J connectivity index is 2.05. The van der Waals surface area contributed by atoms with Gasteiger partial charge in [-0.05, 0) is 18.8 Å². The smallest absolute Gasteiger partial charge is 0.196 e. The van der Waals surface area contributed by atoms with Crippen molar-refractivity contribution in [3.63, 3.8) is 0 Å². The summed E-state index contributed by atoms with van der Waals surface area (Å²) in [6.45, 7) is 1.88. The van der Waals surface area contributed by atoms with Gasteiger partial charge in [-0.1, -0.05) is 0 Å². The van der Waals surface area contributed by atoms with Gasteiger partial charge in [-0.2, -0.15) is 0 Å². The number of aliphatic hydroxyl groups is 3. The number of aliphatic hydroxyl groups excluding tert-OH is 2. The largest absolute Gasteiger partial charge is 0.396 e. The van der Waals surface area contributed by atoms with Gasteiger partial charge < -0.3 is 20.2 Å². The third-order valence-electron chi connectivity index (χ3n) is 3.14. The number of rotatable bonds is 3. The predicted molar refractivity (Wildman–Crippen MR) is 61.2 cm³/mol. The molecule has 94 valence electrons. The average Bonchev–Trinajstić information content (AvgIpc) is 2.39. The topological polar surface area (TPSA) is 89.7 Å². The molecule has 2 heterocycles. The van der Waals surface area contributed by atoms with Crippen LogP contribution >= 0.6 is 0 Å². The number of hydrogen-bond acceptors (Lipinski definition) is 6. The van der Waals surface area contributed by atoms with Gasteiger partial charge in [0.1, 0.15) is 17.8 Å². The van der Waals surface area contributed by atoms with Crippen LogP contribution in [0, 0.1) is 5.92 Å². The number of anilines is 1. The van der Waals surface area contributed by atoms with E-state index in [1.54, 1.807) is 6.07 Å². The molecule has 0 aliphatic carbocycles. The SMILES string of the molecule is OCC1CCN(c2cc(C(O)O)ncn2)CC1. The second-order valence-corrected chi connectivity index (χ2v) is 4.29. The lowest BCUT2D eigenvalue weighted by atomic mass is 9.98. The number of nitrogens with zero attached hydrogens (tertiary/aromatic N) is 3. The fraction of sp³-hybridized carbons (Fsp3) is 0.636. The number of hydrogen-bond donors (Lipinski definition) is 3. The van der Waals surface area contributed by atoms with Gasteiger partial charge in [0.05, 0.1) is 0 Å². The molecular formula is C11H17N3O3. The Bertz CT molecular complexity index is 365. The first-order chi connectivity index (χ1) is 8.20. The van der Waals surface area contributed by atoms with Gasteiger partial charge in [0, 0.05) is 25.8 Å². The maximum absolute atomic E-state index is 9.05. The molecule has 6 heteroatoms. The molecule has 1 aromatic heterocycles. The normalized spacial score (nSPS) is 17.8. The molecule has 6 nitrogen and oxygen atoms in total. The molecular weight excluding hydrogens is 222 g/mol. The Labute approximate surface area is 99.6 Å². The summed E-state index contributed by atoms with van der Waals surface area (Å²) in [6.07, 6.45) is 1.63. The number of aromatic nitrogens is 2. The Morgan fingerprint density at radius 2 is 2.00 bits per heavy atom. The van der Waals surface area contributed by atoms with E-state index in [0.717, 1.165) is 25.9 Å². The maximum Gasteiger partial charge on any atom is 0.196 e. The van der Waals surface area contributed by atoms with Gasteiger partial charge in [0.15, 0.2) is 6.29 Å². The van der Waals surface area contributed by atoms with E-state index in [2.05, 4.69) is 14.9 Å². The monoisotopic (exact) mass is 239 g/mol. The second kappa shape index (κ2) is 5.39. The lowest BCUT2D eigenvalue weighted by Crippen LogP contribution is -2.35. The summed E-state index contributed by atoms with van der Waals surface area (Å²) in [5.41, 5.74) is 0.208.